The first-order chi connectivity index (χ1) is 14.7. The number of hydrogen-bond donors (Lipinski definition) is 0. The third-order valence-electron chi connectivity index (χ3n) is 5.56. The predicted molar refractivity (Wildman–Crippen MR) is 119 cm³/mol. The van der Waals surface area contributed by atoms with Gasteiger partial charge in [-0.15, -0.1) is 16.4 Å². The van der Waals surface area contributed by atoms with Crippen molar-refractivity contribution in [3.8, 4) is 5.69 Å². The molecule has 7 nitrogen and oxygen atoms in total. The van der Waals surface area contributed by atoms with Crippen molar-refractivity contribution in [2.75, 3.05) is 0 Å². The Hall–Kier alpha value is -2.52. The Bertz CT molecular complexity index is 1260. The Labute approximate surface area is 182 Å². The minimum absolute atomic E-state index is 0.0831. The van der Waals surface area contributed by atoms with Crippen LogP contribution in [0.3, 0.4) is 0 Å². The van der Waals surface area contributed by atoms with Crippen LogP contribution in [0.25, 0.3) is 15.9 Å². The van der Waals surface area contributed by atoms with E-state index in [4.69, 9.17) is 4.98 Å². The van der Waals surface area contributed by atoms with Crippen LogP contribution in [0.15, 0.2) is 40.3 Å². The zero-order valence-electron chi connectivity index (χ0n) is 16.9. The Morgan fingerprint density at radius 1 is 1.27 bits per heavy atom. The van der Waals surface area contributed by atoms with E-state index in [2.05, 4.69) is 22.4 Å². The maximum absolute atomic E-state index is 13.3. The Kier molecular flexibility index (Phi) is 5.16. The van der Waals surface area contributed by atoms with Crippen molar-refractivity contribution in [2.24, 2.45) is 5.92 Å². The summed E-state index contributed by atoms with van der Waals surface area (Å²) >= 11 is 3.20. The maximum Gasteiger partial charge on any atom is 0.263 e. The summed E-state index contributed by atoms with van der Waals surface area (Å²) in [5, 5.41) is 13.7. The summed E-state index contributed by atoms with van der Waals surface area (Å²) in [4.78, 5) is 20.4. The van der Waals surface area contributed by atoms with Crippen LogP contribution in [0.4, 0.5) is 0 Å². The van der Waals surface area contributed by atoms with Gasteiger partial charge in [-0.3, -0.25) is 9.36 Å². The van der Waals surface area contributed by atoms with Crippen LogP contribution in [0, 0.1) is 5.92 Å². The molecule has 9 heteroatoms. The lowest BCUT2D eigenvalue weighted by atomic mass is 9.89. The largest absolute Gasteiger partial charge is 0.287 e. The van der Waals surface area contributed by atoms with E-state index >= 15 is 0 Å². The molecule has 0 amide bonds. The monoisotopic (exact) mass is 438 g/mol. The molecule has 1 aliphatic rings. The van der Waals surface area contributed by atoms with Crippen molar-refractivity contribution in [1.29, 1.82) is 0 Å². The van der Waals surface area contributed by atoms with Crippen molar-refractivity contribution in [3.05, 3.63) is 57.0 Å². The van der Waals surface area contributed by atoms with Crippen LogP contribution in [-0.4, -0.2) is 29.8 Å². The molecule has 3 aromatic heterocycles. The molecule has 4 aromatic rings. The fourth-order valence-electron chi connectivity index (χ4n) is 3.99. The van der Waals surface area contributed by atoms with Crippen LogP contribution in [0.5, 0.6) is 0 Å². The highest BCUT2D eigenvalue weighted by molar-refractivity contribution is 7.98. The van der Waals surface area contributed by atoms with Gasteiger partial charge >= 0.3 is 0 Å². The summed E-state index contributed by atoms with van der Waals surface area (Å²) in [7, 11) is 0. The number of aromatic nitrogens is 6. The molecule has 30 heavy (non-hydrogen) atoms. The van der Waals surface area contributed by atoms with Gasteiger partial charge in [-0.2, -0.15) is 4.68 Å². The number of nitrogens with zero attached hydrogens (tertiary/aromatic N) is 6. The first-order valence-corrected chi connectivity index (χ1v) is 12.0. The van der Waals surface area contributed by atoms with Crippen molar-refractivity contribution in [2.45, 2.75) is 50.6 Å². The fourth-order valence-corrected chi connectivity index (χ4v) is 6.38. The van der Waals surface area contributed by atoms with Gasteiger partial charge < -0.3 is 0 Å². The SMILES string of the molecule is CCn1c(SCc2nnnn2-c2ccccc2)nc2sc3c(c2c1=O)CC[C@H](C)C3. The normalized spacial score (nSPS) is 16.1. The quantitative estimate of drug-likeness (QED) is 0.348. The van der Waals surface area contributed by atoms with Crippen LogP contribution in [0.1, 0.15) is 36.5 Å². The summed E-state index contributed by atoms with van der Waals surface area (Å²) in [6.07, 6.45) is 3.18. The first-order valence-electron chi connectivity index (χ1n) is 10.2. The van der Waals surface area contributed by atoms with Crippen molar-refractivity contribution >= 4 is 33.3 Å². The van der Waals surface area contributed by atoms with Gasteiger partial charge in [0.05, 0.1) is 16.8 Å². The molecule has 0 aliphatic heterocycles. The zero-order chi connectivity index (χ0) is 20.7. The Morgan fingerprint density at radius 2 is 2.10 bits per heavy atom. The molecule has 1 aromatic carbocycles. The zero-order valence-corrected chi connectivity index (χ0v) is 18.5. The lowest BCUT2D eigenvalue weighted by Gasteiger charge is -2.17. The summed E-state index contributed by atoms with van der Waals surface area (Å²) in [6.45, 7) is 4.87. The summed E-state index contributed by atoms with van der Waals surface area (Å²) in [5.74, 6) is 1.93. The number of para-hydroxylation sites is 1. The maximum atomic E-state index is 13.3. The van der Waals surface area contributed by atoms with Gasteiger partial charge in [-0.1, -0.05) is 36.9 Å². The highest BCUT2D eigenvalue weighted by Crippen LogP contribution is 2.36. The number of benzene rings is 1. The number of fused-ring (bicyclic) bond motifs is 3. The molecule has 0 saturated carbocycles. The molecule has 0 unspecified atom stereocenters. The second-order valence-corrected chi connectivity index (χ2v) is 9.63. The Balaban J connectivity index is 1.50. The molecule has 5 rings (SSSR count). The highest BCUT2D eigenvalue weighted by atomic mass is 32.2. The molecule has 1 atom stereocenters. The van der Waals surface area contributed by atoms with E-state index in [0.29, 0.717) is 18.2 Å². The number of tetrazole rings is 1. The molecule has 3 heterocycles. The van der Waals surface area contributed by atoms with Crippen molar-refractivity contribution in [1.82, 2.24) is 29.8 Å². The fraction of sp³-hybridized carbons (Fsp3) is 0.381. The molecule has 0 radical (unpaired) electrons. The molecule has 0 fully saturated rings. The molecule has 0 N–H and O–H groups in total. The van der Waals surface area contributed by atoms with Crippen LogP contribution in [0.2, 0.25) is 0 Å². The van der Waals surface area contributed by atoms with E-state index in [1.54, 1.807) is 20.6 Å². The lowest BCUT2D eigenvalue weighted by Crippen LogP contribution is -2.23. The number of thiophene rings is 1. The predicted octanol–water partition coefficient (Wildman–Crippen LogP) is 3.87. The van der Waals surface area contributed by atoms with E-state index in [0.717, 1.165) is 46.1 Å². The minimum atomic E-state index is 0.0831. The highest BCUT2D eigenvalue weighted by Gasteiger charge is 2.24. The molecule has 1 aliphatic carbocycles. The average Bonchev–Trinajstić information content (AvgIpc) is 3.36. The minimum Gasteiger partial charge on any atom is -0.287 e. The topological polar surface area (TPSA) is 78.5 Å². The molecule has 0 spiro atoms. The van der Waals surface area contributed by atoms with Gasteiger partial charge in [0.25, 0.3) is 5.56 Å². The summed E-state index contributed by atoms with van der Waals surface area (Å²) in [5.41, 5.74) is 2.23. The number of thioether (sulfide) groups is 1. The van der Waals surface area contributed by atoms with Gasteiger partial charge in [0, 0.05) is 11.4 Å². The van der Waals surface area contributed by atoms with Crippen LogP contribution >= 0.6 is 23.1 Å². The summed E-state index contributed by atoms with van der Waals surface area (Å²) < 4.78 is 3.51. The Morgan fingerprint density at radius 3 is 2.90 bits per heavy atom. The van der Waals surface area contributed by atoms with Gasteiger partial charge in [0.1, 0.15) is 4.83 Å². The lowest BCUT2D eigenvalue weighted by molar-refractivity contribution is 0.509. The second-order valence-electron chi connectivity index (χ2n) is 7.61. The van der Waals surface area contributed by atoms with E-state index in [-0.39, 0.29) is 5.56 Å². The molecule has 154 valence electrons. The number of rotatable bonds is 5. The molecular weight excluding hydrogens is 416 g/mol. The molecule has 0 bridgehead atoms. The van der Waals surface area contributed by atoms with Gasteiger partial charge in [0.15, 0.2) is 11.0 Å². The summed E-state index contributed by atoms with van der Waals surface area (Å²) in [6, 6.07) is 9.81. The third-order valence-corrected chi connectivity index (χ3v) is 7.68. The second kappa shape index (κ2) is 7.96. The van der Waals surface area contributed by atoms with E-state index < -0.39 is 0 Å². The first kappa shape index (κ1) is 19.4. The van der Waals surface area contributed by atoms with E-state index in [9.17, 15) is 4.79 Å². The molecular formula is C21H22N6OS2. The van der Waals surface area contributed by atoms with Gasteiger partial charge in [0.2, 0.25) is 0 Å². The van der Waals surface area contributed by atoms with Crippen LogP contribution in [-0.2, 0) is 25.1 Å². The van der Waals surface area contributed by atoms with Crippen molar-refractivity contribution < 1.29 is 0 Å². The van der Waals surface area contributed by atoms with Crippen LogP contribution < -0.4 is 5.56 Å². The van der Waals surface area contributed by atoms with E-state index in [1.807, 2.05) is 37.3 Å². The average molecular weight is 439 g/mol. The van der Waals surface area contributed by atoms with E-state index in [1.165, 1.54) is 22.2 Å². The van der Waals surface area contributed by atoms with Gasteiger partial charge in [-0.05, 0) is 60.2 Å². The number of hydrogen-bond acceptors (Lipinski definition) is 7. The number of aryl methyl sites for hydroxylation is 1. The standard InChI is InChI=1S/C21H22N6OS2/c1-3-26-20(28)18-15-10-9-13(2)11-16(15)30-19(18)22-21(26)29-12-17-23-24-25-27(17)14-7-5-4-6-8-14/h4-8,13H,3,9-12H2,1-2H3/t13-/m0/s1. The van der Waals surface area contributed by atoms with Crippen molar-refractivity contribution in [3.63, 3.8) is 0 Å². The third kappa shape index (κ3) is 3.35. The molecule has 0 saturated heterocycles. The van der Waals surface area contributed by atoms with Gasteiger partial charge in [-0.25, -0.2) is 4.98 Å². The smallest absolute Gasteiger partial charge is 0.263 e.